The number of hydrogen-bond acceptors (Lipinski definition) is 14. The van der Waals surface area contributed by atoms with E-state index in [4.69, 9.17) is 18.9 Å². The van der Waals surface area contributed by atoms with Crippen LogP contribution in [0.5, 0.6) is 17.2 Å². The zero-order valence-corrected chi connectivity index (χ0v) is 28.5. The van der Waals surface area contributed by atoms with Crippen LogP contribution in [-0.4, -0.2) is 135 Å². The molecule has 2 aliphatic carbocycles. The van der Waals surface area contributed by atoms with Gasteiger partial charge in [0.2, 0.25) is 12.1 Å². The van der Waals surface area contributed by atoms with Crippen molar-refractivity contribution in [3.05, 3.63) is 51.1 Å². The summed E-state index contributed by atoms with van der Waals surface area (Å²) in [5.74, 6) is -2.77. The first-order valence-electron chi connectivity index (χ1n) is 16.5. The standard InChI is InChI=1S/C35H44N2O12/c1-13-25(38)17(36(4)5)10-19(46-13)47-18-12-34(2,45)11-15-20(18)28(41)22-23(27(15)40)29(42)21-14(26(22)39)8-9-16-31(21)48-33-30(43)24(37(6)7)32(44)35(16,3)49-33/h8-9,13,17-19,24-25,30,32-33,38,40-41,43-45H,10-12H2,1-7H3/t13-,17-,18-,19-,24-,25+,30?,32-,33+,34+,35+/m0/s1. The van der Waals surface area contributed by atoms with Crippen LogP contribution in [0.25, 0.3) is 0 Å². The number of carbonyl (C=O) groups excluding carboxylic acids is 2. The largest absolute Gasteiger partial charge is 0.507 e. The number of ketones is 2. The molecular formula is C35H44N2O12. The number of carbonyl (C=O) groups is 2. The molecule has 3 aliphatic heterocycles. The number of aliphatic hydroxyl groups excluding tert-OH is 3. The second-order valence-corrected chi connectivity index (χ2v) is 15.0. The summed E-state index contributed by atoms with van der Waals surface area (Å²) in [7, 11) is 7.05. The second kappa shape index (κ2) is 11.4. The zero-order chi connectivity index (χ0) is 35.6. The van der Waals surface area contributed by atoms with Crippen molar-refractivity contribution in [2.24, 2.45) is 0 Å². The summed E-state index contributed by atoms with van der Waals surface area (Å²) in [5, 5.41) is 68.1. The lowest BCUT2D eigenvalue weighted by Gasteiger charge is -2.53. The first kappa shape index (κ1) is 34.3. The van der Waals surface area contributed by atoms with Crippen LogP contribution in [0.2, 0.25) is 0 Å². The topological polar surface area (TPSA) is 199 Å². The number of hydrogen-bond donors (Lipinski definition) is 6. The predicted molar refractivity (Wildman–Crippen MR) is 171 cm³/mol. The fourth-order valence-corrected chi connectivity index (χ4v) is 8.49. The van der Waals surface area contributed by atoms with Crippen LogP contribution in [0.1, 0.15) is 88.3 Å². The van der Waals surface area contributed by atoms with Gasteiger partial charge in [-0.25, -0.2) is 0 Å². The van der Waals surface area contributed by atoms with Crippen molar-refractivity contribution in [3.8, 4) is 17.2 Å². The Morgan fingerprint density at radius 3 is 2.24 bits per heavy atom. The van der Waals surface area contributed by atoms with Crippen molar-refractivity contribution in [2.75, 3.05) is 28.2 Å². The van der Waals surface area contributed by atoms with Crippen LogP contribution in [0.15, 0.2) is 12.1 Å². The van der Waals surface area contributed by atoms with Gasteiger partial charge in [0.05, 0.1) is 46.6 Å². The Kier molecular flexibility index (Phi) is 7.99. The molecule has 0 aromatic heterocycles. The van der Waals surface area contributed by atoms with Gasteiger partial charge in [0, 0.05) is 47.6 Å². The Morgan fingerprint density at radius 1 is 0.918 bits per heavy atom. The Morgan fingerprint density at radius 2 is 1.59 bits per heavy atom. The Bertz CT molecular complexity index is 1740. The number of phenolic OH excluding ortho intramolecular Hbond substituents is 2. The summed E-state index contributed by atoms with van der Waals surface area (Å²) in [5.41, 5.74) is -3.64. The first-order chi connectivity index (χ1) is 22.9. The van der Waals surface area contributed by atoms with Crippen LogP contribution >= 0.6 is 0 Å². The van der Waals surface area contributed by atoms with E-state index in [1.165, 1.54) is 12.1 Å². The average molecular weight is 685 g/mol. The number of nitrogens with zero attached hydrogens (tertiary/aromatic N) is 2. The van der Waals surface area contributed by atoms with Gasteiger partial charge in [-0.1, -0.05) is 6.07 Å². The number of rotatable bonds is 4. The number of benzene rings is 2. The van der Waals surface area contributed by atoms with E-state index in [0.29, 0.717) is 0 Å². The number of likely N-dealkylation sites (N-methyl/N-ethyl adjacent to an activating group) is 2. The minimum Gasteiger partial charge on any atom is -0.507 e. The molecule has 2 aromatic rings. The maximum atomic E-state index is 14.5. The molecule has 0 spiro atoms. The van der Waals surface area contributed by atoms with Gasteiger partial charge in [0.25, 0.3) is 0 Å². The molecule has 14 nitrogen and oxygen atoms in total. The minimum absolute atomic E-state index is 0.0200. The molecule has 2 fully saturated rings. The Hall–Kier alpha value is -3.18. The molecule has 2 saturated heterocycles. The number of phenols is 2. The molecule has 6 N–H and O–H groups in total. The van der Waals surface area contributed by atoms with Crippen molar-refractivity contribution in [1.82, 2.24) is 9.80 Å². The van der Waals surface area contributed by atoms with E-state index in [0.717, 1.165) is 0 Å². The molecule has 266 valence electrons. The summed E-state index contributed by atoms with van der Waals surface area (Å²) >= 11 is 0. The van der Waals surface area contributed by atoms with Gasteiger partial charge in [-0.3, -0.25) is 9.59 Å². The Labute approximate surface area is 283 Å². The Balaban J connectivity index is 1.33. The minimum atomic E-state index is -1.45. The number of aromatic hydroxyl groups is 2. The quantitative estimate of drug-likeness (QED) is 0.210. The summed E-state index contributed by atoms with van der Waals surface area (Å²) < 4.78 is 24.4. The highest BCUT2D eigenvalue weighted by Gasteiger charge is 2.59. The molecular weight excluding hydrogens is 640 g/mol. The maximum Gasteiger partial charge on any atom is 0.228 e. The van der Waals surface area contributed by atoms with Crippen LogP contribution in [0.3, 0.4) is 0 Å². The van der Waals surface area contributed by atoms with Crippen molar-refractivity contribution in [3.63, 3.8) is 0 Å². The SMILES string of the molecule is C[C@@H]1O[C@@H](O[C@H]2C[C@](C)(O)Cc3c(O)c4c(c(O)c32)C(=O)c2ccc3c(c2C4=O)O[C@@H]2O[C@@]3(C)[C@@H](O)[C@@H](N(C)C)C2O)C[C@H](N(C)C)[C@@H]1O. The fourth-order valence-electron chi connectivity index (χ4n) is 8.49. The molecule has 0 radical (unpaired) electrons. The van der Waals surface area contributed by atoms with Crippen LogP contribution in [0.4, 0.5) is 0 Å². The number of fused-ring (bicyclic) bond motifs is 8. The van der Waals surface area contributed by atoms with Gasteiger partial charge in [-0.2, -0.15) is 0 Å². The molecule has 2 aromatic carbocycles. The molecule has 49 heavy (non-hydrogen) atoms. The van der Waals surface area contributed by atoms with E-state index >= 15 is 0 Å². The lowest BCUT2D eigenvalue weighted by atomic mass is 9.72. The fraction of sp³-hybridized carbons (Fsp3) is 0.600. The highest BCUT2D eigenvalue weighted by Crippen LogP contribution is 2.55. The molecule has 11 atom stereocenters. The third-order valence-corrected chi connectivity index (χ3v) is 11.1. The van der Waals surface area contributed by atoms with Crippen LogP contribution in [-0.2, 0) is 26.2 Å². The van der Waals surface area contributed by atoms with E-state index in [2.05, 4.69) is 0 Å². The molecule has 1 unspecified atom stereocenters. The van der Waals surface area contributed by atoms with Crippen molar-refractivity contribution < 1.29 is 59.2 Å². The number of ether oxygens (including phenoxy) is 4. The van der Waals surface area contributed by atoms with Crippen LogP contribution < -0.4 is 4.74 Å². The maximum absolute atomic E-state index is 14.5. The first-order valence-corrected chi connectivity index (χ1v) is 16.5. The smallest absolute Gasteiger partial charge is 0.228 e. The molecule has 14 heteroatoms. The van der Waals surface area contributed by atoms with E-state index in [1.807, 2.05) is 19.0 Å². The lowest BCUT2D eigenvalue weighted by molar-refractivity contribution is -0.311. The second-order valence-electron chi connectivity index (χ2n) is 15.0. The van der Waals surface area contributed by atoms with E-state index in [9.17, 15) is 40.2 Å². The third-order valence-electron chi connectivity index (χ3n) is 11.1. The molecule has 0 saturated carbocycles. The van der Waals surface area contributed by atoms with E-state index < -0.39 is 94.5 Å². The monoisotopic (exact) mass is 684 g/mol. The highest BCUT2D eigenvalue weighted by atomic mass is 16.7. The van der Waals surface area contributed by atoms with E-state index in [1.54, 1.807) is 39.8 Å². The van der Waals surface area contributed by atoms with Gasteiger partial charge < -0.3 is 59.4 Å². The van der Waals surface area contributed by atoms with Crippen molar-refractivity contribution >= 4 is 11.6 Å². The summed E-state index contributed by atoms with van der Waals surface area (Å²) in [6, 6.07) is 1.83. The highest BCUT2D eigenvalue weighted by molar-refractivity contribution is 6.31. The molecule has 2 bridgehead atoms. The average Bonchev–Trinajstić information content (AvgIpc) is 3.01. The van der Waals surface area contributed by atoms with Crippen LogP contribution in [0, 0.1) is 0 Å². The van der Waals surface area contributed by atoms with E-state index in [-0.39, 0.29) is 58.9 Å². The predicted octanol–water partition coefficient (Wildman–Crippen LogP) is 0.670. The lowest BCUT2D eigenvalue weighted by Crippen LogP contribution is -2.68. The summed E-state index contributed by atoms with van der Waals surface area (Å²) in [6.07, 6.45) is -7.07. The van der Waals surface area contributed by atoms with Crippen molar-refractivity contribution in [1.29, 1.82) is 0 Å². The zero-order valence-electron chi connectivity index (χ0n) is 28.5. The van der Waals surface area contributed by atoms with Gasteiger partial charge in [-0.15, -0.1) is 0 Å². The third kappa shape index (κ3) is 4.95. The number of aliphatic hydroxyl groups is 4. The molecule has 0 amide bonds. The van der Waals surface area contributed by atoms with Gasteiger partial charge >= 0.3 is 0 Å². The van der Waals surface area contributed by atoms with Gasteiger partial charge in [-0.05, 0) is 55.0 Å². The van der Waals surface area contributed by atoms with Gasteiger partial charge in [0.15, 0.2) is 12.1 Å². The van der Waals surface area contributed by atoms with Gasteiger partial charge in [0.1, 0.15) is 35.1 Å². The van der Waals surface area contributed by atoms with Crippen molar-refractivity contribution in [2.45, 2.75) is 106 Å². The molecule has 7 rings (SSSR count). The molecule has 5 aliphatic rings. The summed E-state index contributed by atoms with van der Waals surface area (Å²) in [6.45, 7) is 4.87. The normalized spacial score (nSPS) is 38.1. The summed E-state index contributed by atoms with van der Waals surface area (Å²) in [4.78, 5) is 32.2. The molecule has 3 heterocycles.